The molecule has 0 amide bonds. The Bertz CT molecular complexity index is 472. The summed E-state index contributed by atoms with van der Waals surface area (Å²) in [5.41, 5.74) is 0. The normalized spacial score (nSPS) is 38.3. The van der Waals surface area contributed by atoms with Crippen LogP contribution in [0, 0.1) is 0 Å². The first kappa shape index (κ1) is 15.6. The molecule has 7 heteroatoms. The van der Waals surface area contributed by atoms with Gasteiger partial charge < -0.3 is 29.7 Å². The third kappa shape index (κ3) is 3.23. The van der Waals surface area contributed by atoms with Gasteiger partial charge in [-0.15, -0.1) is 0 Å². The molecule has 2 aliphatic heterocycles. The van der Waals surface area contributed by atoms with Gasteiger partial charge in [-0.25, -0.2) is 4.98 Å². The highest BCUT2D eigenvalue weighted by Crippen LogP contribution is 2.29. The van der Waals surface area contributed by atoms with Crippen LogP contribution in [-0.4, -0.2) is 58.7 Å². The molecular formula is C15H22N2O5. The quantitative estimate of drug-likeness (QED) is 0.745. The molecule has 0 radical (unpaired) electrons. The summed E-state index contributed by atoms with van der Waals surface area (Å²) in [5, 5.41) is 23.6. The maximum Gasteiger partial charge on any atom is 0.158 e. The van der Waals surface area contributed by atoms with Crippen molar-refractivity contribution in [3.63, 3.8) is 0 Å². The molecule has 22 heavy (non-hydrogen) atoms. The summed E-state index contributed by atoms with van der Waals surface area (Å²) in [6.45, 7) is 2.37. The molecule has 1 aromatic heterocycles. The van der Waals surface area contributed by atoms with Crippen LogP contribution in [0.2, 0.25) is 0 Å². The van der Waals surface area contributed by atoms with E-state index in [9.17, 15) is 10.2 Å². The number of rotatable bonds is 4. The standard InChI is InChI=1S/C15H22N2O5/c1-2-5-11-20-8-9-14(22-11)12(18)13(19)15(21-9)17-10-6-3-4-7-16-10/h3-4,6-7,9,11-15,18-19H,2,5,8H2,1H3,(H,16,17)/t9-,11?,12-,13-,14-,15-/m1/s1. The second-order valence-electron chi connectivity index (χ2n) is 5.59. The van der Waals surface area contributed by atoms with Crippen molar-refractivity contribution in [3.8, 4) is 0 Å². The topological polar surface area (TPSA) is 93.1 Å². The predicted molar refractivity (Wildman–Crippen MR) is 78.1 cm³/mol. The fourth-order valence-corrected chi connectivity index (χ4v) is 2.76. The Kier molecular flexibility index (Phi) is 4.90. The van der Waals surface area contributed by atoms with Crippen LogP contribution in [0.1, 0.15) is 19.8 Å². The Morgan fingerprint density at radius 3 is 2.86 bits per heavy atom. The SMILES string of the molecule is CCCC1OC[C@H]2O[C@@H](Nc3ccccn3)[C@H](O)[C@@H](O)[C@@H]2O1. The summed E-state index contributed by atoms with van der Waals surface area (Å²) in [6.07, 6.45) is -0.953. The first-order valence-corrected chi connectivity index (χ1v) is 7.65. The van der Waals surface area contributed by atoms with Crippen LogP contribution >= 0.6 is 0 Å². The number of aromatic nitrogens is 1. The van der Waals surface area contributed by atoms with E-state index >= 15 is 0 Å². The monoisotopic (exact) mass is 310 g/mol. The fourth-order valence-electron chi connectivity index (χ4n) is 2.76. The van der Waals surface area contributed by atoms with Gasteiger partial charge in [-0.05, 0) is 18.6 Å². The molecule has 0 spiro atoms. The Balaban J connectivity index is 1.66. The number of nitrogens with one attached hydrogen (secondary N) is 1. The van der Waals surface area contributed by atoms with Crippen molar-refractivity contribution in [2.45, 2.75) is 56.7 Å². The lowest BCUT2D eigenvalue weighted by atomic mass is 9.97. The van der Waals surface area contributed by atoms with Crippen LogP contribution < -0.4 is 5.32 Å². The van der Waals surface area contributed by atoms with E-state index < -0.39 is 30.6 Å². The Morgan fingerprint density at radius 1 is 1.27 bits per heavy atom. The van der Waals surface area contributed by atoms with Crippen LogP contribution in [0.15, 0.2) is 24.4 Å². The largest absolute Gasteiger partial charge is 0.387 e. The van der Waals surface area contributed by atoms with Gasteiger partial charge in [0.05, 0.1) is 6.61 Å². The third-order valence-corrected chi connectivity index (χ3v) is 3.92. The van der Waals surface area contributed by atoms with Crippen LogP contribution in [0.3, 0.4) is 0 Å². The van der Waals surface area contributed by atoms with Gasteiger partial charge in [-0.2, -0.15) is 0 Å². The minimum absolute atomic E-state index is 0.333. The van der Waals surface area contributed by atoms with E-state index in [1.807, 2.05) is 13.0 Å². The molecule has 3 N–H and O–H groups in total. The van der Waals surface area contributed by atoms with Gasteiger partial charge in [0.2, 0.25) is 0 Å². The number of hydrogen-bond acceptors (Lipinski definition) is 7. The van der Waals surface area contributed by atoms with Gasteiger partial charge in [-0.3, -0.25) is 0 Å². The maximum absolute atomic E-state index is 10.3. The van der Waals surface area contributed by atoms with Crippen molar-refractivity contribution >= 4 is 5.82 Å². The van der Waals surface area contributed by atoms with Gasteiger partial charge in [0, 0.05) is 6.20 Å². The summed E-state index contributed by atoms with van der Waals surface area (Å²) < 4.78 is 17.1. The van der Waals surface area contributed by atoms with Crippen molar-refractivity contribution < 1.29 is 24.4 Å². The lowest BCUT2D eigenvalue weighted by Gasteiger charge is -2.46. The molecule has 0 aliphatic carbocycles. The first-order valence-electron chi connectivity index (χ1n) is 7.65. The van der Waals surface area contributed by atoms with Gasteiger partial charge >= 0.3 is 0 Å². The molecule has 122 valence electrons. The van der Waals surface area contributed by atoms with Gasteiger partial charge in [-0.1, -0.05) is 19.4 Å². The lowest BCUT2D eigenvalue weighted by Crippen LogP contribution is -2.64. The average molecular weight is 310 g/mol. The Hall–Kier alpha value is -1.25. The van der Waals surface area contributed by atoms with E-state index in [0.29, 0.717) is 12.4 Å². The molecule has 2 fully saturated rings. The van der Waals surface area contributed by atoms with E-state index in [-0.39, 0.29) is 6.29 Å². The summed E-state index contributed by atoms with van der Waals surface area (Å²) in [6, 6.07) is 5.39. The number of hydrogen-bond donors (Lipinski definition) is 3. The minimum Gasteiger partial charge on any atom is -0.387 e. The molecule has 3 heterocycles. The van der Waals surface area contributed by atoms with E-state index in [1.165, 1.54) is 0 Å². The molecule has 3 rings (SSSR count). The molecule has 0 saturated carbocycles. The summed E-state index contributed by atoms with van der Waals surface area (Å²) in [4.78, 5) is 4.13. The molecule has 2 saturated heterocycles. The predicted octanol–water partition coefficient (Wildman–Crippen LogP) is 0.482. The summed E-state index contributed by atoms with van der Waals surface area (Å²) >= 11 is 0. The number of fused-ring (bicyclic) bond motifs is 1. The van der Waals surface area contributed by atoms with Crippen molar-refractivity contribution in [1.82, 2.24) is 4.98 Å². The second kappa shape index (κ2) is 6.89. The minimum atomic E-state index is -1.11. The van der Waals surface area contributed by atoms with Crippen LogP contribution in [-0.2, 0) is 14.2 Å². The van der Waals surface area contributed by atoms with Crippen LogP contribution in [0.25, 0.3) is 0 Å². The highest BCUT2D eigenvalue weighted by atomic mass is 16.7. The van der Waals surface area contributed by atoms with E-state index in [0.717, 1.165) is 12.8 Å². The number of aliphatic hydroxyl groups excluding tert-OH is 2. The van der Waals surface area contributed by atoms with Crippen LogP contribution in [0.5, 0.6) is 0 Å². The Morgan fingerprint density at radius 2 is 2.14 bits per heavy atom. The first-order chi connectivity index (χ1) is 10.7. The van der Waals surface area contributed by atoms with Crippen molar-refractivity contribution in [1.29, 1.82) is 0 Å². The average Bonchev–Trinajstić information content (AvgIpc) is 2.54. The second-order valence-corrected chi connectivity index (χ2v) is 5.59. The number of pyridine rings is 1. The molecule has 0 aromatic carbocycles. The van der Waals surface area contributed by atoms with Crippen molar-refractivity contribution in [3.05, 3.63) is 24.4 Å². The zero-order valence-corrected chi connectivity index (χ0v) is 12.5. The molecule has 7 nitrogen and oxygen atoms in total. The van der Waals surface area contributed by atoms with Gasteiger partial charge in [0.15, 0.2) is 12.5 Å². The summed E-state index contributed by atoms with van der Waals surface area (Å²) in [7, 11) is 0. The van der Waals surface area contributed by atoms with Crippen molar-refractivity contribution in [2.24, 2.45) is 0 Å². The zero-order chi connectivity index (χ0) is 15.5. The van der Waals surface area contributed by atoms with E-state index in [2.05, 4.69) is 10.3 Å². The molecule has 2 aliphatic rings. The fraction of sp³-hybridized carbons (Fsp3) is 0.667. The zero-order valence-electron chi connectivity index (χ0n) is 12.5. The Labute approximate surface area is 129 Å². The maximum atomic E-state index is 10.3. The number of anilines is 1. The van der Waals surface area contributed by atoms with Gasteiger partial charge in [0.25, 0.3) is 0 Å². The van der Waals surface area contributed by atoms with Crippen molar-refractivity contribution in [2.75, 3.05) is 11.9 Å². The molecule has 1 unspecified atom stereocenters. The molecule has 6 atom stereocenters. The smallest absolute Gasteiger partial charge is 0.158 e. The number of nitrogens with zero attached hydrogens (tertiary/aromatic N) is 1. The van der Waals surface area contributed by atoms with Gasteiger partial charge in [0.1, 0.15) is 30.2 Å². The number of aliphatic hydroxyl groups is 2. The highest BCUT2D eigenvalue weighted by molar-refractivity contribution is 5.34. The van der Waals surface area contributed by atoms with E-state index in [1.54, 1.807) is 18.3 Å². The third-order valence-electron chi connectivity index (χ3n) is 3.92. The molecule has 1 aromatic rings. The lowest BCUT2D eigenvalue weighted by molar-refractivity contribution is -0.322. The summed E-state index contributed by atoms with van der Waals surface area (Å²) in [5.74, 6) is 0.568. The highest BCUT2D eigenvalue weighted by Gasteiger charge is 2.48. The molecular weight excluding hydrogens is 288 g/mol. The van der Waals surface area contributed by atoms with E-state index in [4.69, 9.17) is 14.2 Å². The number of ether oxygens (including phenoxy) is 3. The van der Waals surface area contributed by atoms with Crippen LogP contribution in [0.4, 0.5) is 5.82 Å². The molecule has 0 bridgehead atoms.